The first kappa shape index (κ1) is 25.5. The summed E-state index contributed by atoms with van der Waals surface area (Å²) in [7, 11) is -4.06. The van der Waals surface area contributed by atoms with Gasteiger partial charge in [0.15, 0.2) is 0 Å². The van der Waals surface area contributed by atoms with Gasteiger partial charge in [-0.15, -0.1) is 13.2 Å². The van der Waals surface area contributed by atoms with Gasteiger partial charge in [-0.3, -0.25) is 9.59 Å². The van der Waals surface area contributed by atoms with Gasteiger partial charge in [0.1, 0.15) is 5.75 Å². The molecule has 0 bridgehead atoms. The lowest BCUT2D eigenvalue weighted by Gasteiger charge is -2.30. The van der Waals surface area contributed by atoms with Gasteiger partial charge in [0.25, 0.3) is 0 Å². The molecule has 1 saturated heterocycles. The van der Waals surface area contributed by atoms with Crippen molar-refractivity contribution in [3.63, 3.8) is 0 Å². The first-order valence-corrected chi connectivity index (χ1v) is 11.8. The predicted octanol–water partition coefficient (Wildman–Crippen LogP) is 3.89. The highest BCUT2D eigenvalue weighted by atomic mass is 32.2. The highest BCUT2D eigenvalue weighted by Crippen LogP contribution is 2.29. The Morgan fingerprint density at radius 3 is 2.35 bits per heavy atom. The summed E-state index contributed by atoms with van der Waals surface area (Å²) in [6, 6.07) is 9.33. The summed E-state index contributed by atoms with van der Waals surface area (Å²) in [6.07, 6.45) is -4.45. The number of ether oxygens (including phenoxy) is 1. The molecule has 1 fully saturated rings. The molecule has 12 heteroatoms. The van der Waals surface area contributed by atoms with E-state index in [1.165, 1.54) is 19.1 Å². The molecule has 34 heavy (non-hydrogen) atoms. The summed E-state index contributed by atoms with van der Waals surface area (Å²) in [4.78, 5) is 23.7. The summed E-state index contributed by atoms with van der Waals surface area (Å²) in [6.45, 7) is 3.25. The van der Waals surface area contributed by atoms with Crippen LogP contribution < -0.4 is 15.4 Å². The van der Waals surface area contributed by atoms with E-state index in [4.69, 9.17) is 0 Å². The van der Waals surface area contributed by atoms with Gasteiger partial charge in [-0.05, 0) is 49.6 Å². The SMILES string of the molecule is CC(=O)Nc1ccc(C)c(NC(=O)C2CCN(S(=O)(=O)c3cccc(OC(F)(F)F)c3)CC2)c1. The number of amides is 2. The molecule has 2 N–H and O–H groups in total. The minimum Gasteiger partial charge on any atom is -0.406 e. The second kappa shape index (κ2) is 10.0. The number of alkyl halides is 3. The summed E-state index contributed by atoms with van der Waals surface area (Å²) >= 11 is 0. The standard InChI is InChI=1S/C22H24F3N3O5S/c1-14-6-7-17(26-15(2)29)12-20(14)27-21(30)16-8-10-28(11-9-16)34(31,32)19-5-3-4-18(13-19)33-22(23,24)25/h3-7,12-13,16H,8-11H2,1-2H3,(H,26,29)(H,27,30). The van der Waals surface area contributed by atoms with Crippen LogP contribution in [0.1, 0.15) is 25.3 Å². The molecule has 0 aromatic heterocycles. The van der Waals surface area contributed by atoms with Gasteiger partial charge in [0, 0.05) is 43.4 Å². The van der Waals surface area contributed by atoms with Gasteiger partial charge >= 0.3 is 6.36 Å². The number of halogens is 3. The van der Waals surface area contributed by atoms with Crippen LogP contribution in [0, 0.1) is 12.8 Å². The molecule has 0 aliphatic carbocycles. The van der Waals surface area contributed by atoms with Crippen LogP contribution in [0.4, 0.5) is 24.5 Å². The second-order valence-electron chi connectivity index (χ2n) is 7.90. The zero-order chi connectivity index (χ0) is 25.1. The average molecular weight is 500 g/mol. The molecule has 3 rings (SSSR count). The number of carbonyl (C=O) groups excluding carboxylic acids is 2. The van der Waals surface area contributed by atoms with Crippen molar-refractivity contribution in [3.8, 4) is 5.75 Å². The van der Waals surface area contributed by atoms with Crippen molar-refractivity contribution in [2.24, 2.45) is 5.92 Å². The minimum atomic E-state index is -4.94. The Morgan fingerprint density at radius 2 is 1.74 bits per heavy atom. The monoisotopic (exact) mass is 499 g/mol. The van der Waals surface area contributed by atoms with E-state index in [0.29, 0.717) is 11.4 Å². The number of carbonyl (C=O) groups is 2. The molecule has 2 amide bonds. The Bertz CT molecular complexity index is 1180. The van der Waals surface area contributed by atoms with Crippen molar-refractivity contribution in [3.05, 3.63) is 48.0 Å². The van der Waals surface area contributed by atoms with Crippen LogP contribution in [0.25, 0.3) is 0 Å². The minimum absolute atomic E-state index is 0.0374. The summed E-state index contributed by atoms with van der Waals surface area (Å²) < 4.78 is 68.1. The smallest absolute Gasteiger partial charge is 0.406 e. The van der Waals surface area contributed by atoms with Gasteiger partial charge in [0.05, 0.1) is 4.90 Å². The molecule has 8 nitrogen and oxygen atoms in total. The number of sulfonamides is 1. The van der Waals surface area contributed by atoms with Crippen molar-refractivity contribution in [2.45, 2.75) is 37.9 Å². The topological polar surface area (TPSA) is 105 Å². The van der Waals surface area contributed by atoms with E-state index in [0.717, 1.165) is 22.0 Å². The largest absolute Gasteiger partial charge is 0.573 e. The maximum Gasteiger partial charge on any atom is 0.573 e. The first-order chi connectivity index (χ1) is 15.8. The molecule has 2 aromatic carbocycles. The van der Waals surface area contributed by atoms with Crippen LogP contribution in [-0.4, -0.2) is 44.0 Å². The van der Waals surface area contributed by atoms with E-state index in [1.54, 1.807) is 25.1 Å². The van der Waals surface area contributed by atoms with Gasteiger partial charge in [0.2, 0.25) is 21.8 Å². The molecule has 184 valence electrons. The highest BCUT2D eigenvalue weighted by Gasteiger charge is 2.34. The predicted molar refractivity (Wildman–Crippen MR) is 119 cm³/mol. The molecule has 1 aliphatic heterocycles. The fraction of sp³-hybridized carbons (Fsp3) is 0.364. The van der Waals surface area contributed by atoms with Crippen LogP contribution >= 0.6 is 0 Å². The number of piperidine rings is 1. The Kier molecular flexibility index (Phi) is 7.51. The van der Waals surface area contributed by atoms with Gasteiger partial charge in [-0.2, -0.15) is 4.31 Å². The van der Waals surface area contributed by atoms with Crippen molar-refractivity contribution >= 4 is 33.2 Å². The Labute approximate surface area is 195 Å². The Hall–Kier alpha value is -3.12. The van der Waals surface area contributed by atoms with Crippen molar-refractivity contribution < 1.29 is 35.9 Å². The second-order valence-corrected chi connectivity index (χ2v) is 9.84. The quantitative estimate of drug-likeness (QED) is 0.628. The maximum absolute atomic E-state index is 12.9. The first-order valence-electron chi connectivity index (χ1n) is 10.4. The summed E-state index contributed by atoms with van der Waals surface area (Å²) in [5, 5.41) is 5.47. The van der Waals surface area contributed by atoms with Crippen molar-refractivity contribution in [1.82, 2.24) is 4.31 Å². The molecule has 1 aliphatic rings. The number of aryl methyl sites for hydroxylation is 1. The molecule has 0 atom stereocenters. The molecular formula is C22H24F3N3O5S. The van der Waals surface area contributed by atoms with E-state index < -0.39 is 28.1 Å². The number of hydrogen-bond acceptors (Lipinski definition) is 5. The number of nitrogens with one attached hydrogen (secondary N) is 2. The molecule has 0 saturated carbocycles. The third kappa shape index (κ3) is 6.48. The van der Waals surface area contributed by atoms with Crippen molar-refractivity contribution in [2.75, 3.05) is 23.7 Å². The highest BCUT2D eigenvalue weighted by molar-refractivity contribution is 7.89. The van der Waals surface area contributed by atoms with E-state index in [1.807, 2.05) is 0 Å². The van der Waals surface area contributed by atoms with Crippen LogP contribution in [0.15, 0.2) is 47.4 Å². The number of benzene rings is 2. The lowest BCUT2D eigenvalue weighted by molar-refractivity contribution is -0.274. The molecule has 0 unspecified atom stereocenters. The summed E-state index contributed by atoms with van der Waals surface area (Å²) in [5.74, 6) is -1.60. The van der Waals surface area contributed by atoms with E-state index in [-0.39, 0.29) is 42.6 Å². The number of hydrogen-bond donors (Lipinski definition) is 2. The van der Waals surface area contributed by atoms with Crippen LogP contribution in [0.3, 0.4) is 0 Å². The van der Waals surface area contributed by atoms with Crippen molar-refractivity contribution in [1.29, 1.82) is 0 Å². The van der Waals surface area contributed by atoms with Gasteiger partial charge in [-0.1, -0.05) is 12.1 Å². The fourth-order valence-corrected chi connectivity index (χ4v) is 5.12. The molecule has 0 radical (unpaired) electrons. The molecule has 2 aromatic rings. The van der Waals surface area contributed by atoms with E-state index >= 15 is 0 Å². The summed E-state index contributed by atoms with van der Waals surface area (Å²) in [5.41, 5.74) is 1.86. The van der Waals surface area contributed by atoms with Gasteiger partial charge in [-0.25, -0.2) is 8.42 Å². The lowest BCUT2D eigenvalue weighted by atomic mass is 9.97. The van der Waals surface area contributed by atoms with Crippen LogP contribution in [-0.2, 0) is 19.6 Å². The Morgan fingerprint density at radius 1 is 1.06 bits per heavy atom. The fourth-order valence-electron chi connectivity index (χ4n) is 3.61. The lowest BCUT2D eigenvalue weighted by Crippen LogP contribution is -2.41. The zero-order valence-electron chi connectivity index (χ0n) is 18.5. The molecule has 1 heterocycles. The third-order valence-electron chi connectivity index (χ3n) is 5.32. The average Bonchev–Trinajstić information content (AvgIpc) is 2.75. The number of rotatable bonds is 6. The molecule has 0 spiro atoms. The van der Waals surface area contributed by atoms with Crippen LogP contribution in [0.5, 0.6) is 5.75 Å². The van der Waals surface area contributed by atoms with E-state index in [9.17, 15) is 31.2 Å². The van der Waals surface area contributed by atoms with Gasteiger partial charge < -0.3 is 15.4 Å². The van der Waals surface area contributed by atoms with E-state index in [2.05, 4.69) is 15.4 Å². The maximum atomic E-state index is 12.9. The normalized spacial score (nSPS) is 15.6. The number of anilines is 2. The third-order valence-corrected chi connectivity index (χ3v) is 7.21. The zero-order valence-corrected chi connectivity index (χ0v) is 19.3. The number of nitrogens with zero attached hydrogens (tertiary/aromatic N) is 1. The van der Waals surface area contributed by atoms with Crippen LogP contribution in [0.2, 0.25) is 0 Å². The Balaban J connectivity index is 1.64. The molecular weight excluding hydrogens is 475 g/mol.